The third-order valence-electron chi connectivity index (χ3n) is 4.53. The van der Waals surface area contributed by atoms with Crippen molar-refractivity contribution in [3.8, 4) is 5.75 Å². The average Bonchev–Trinajstić information content (AvgIpc) is 2.73. The Kier molecular flexibility index (Phi) is 9.71. The number of rotatable bonds is 10. The van der Waals surface area contributed by atoms with Gasteiger partial charge in [-0.05, 0) is 50.5 Å². The number of hydrogen-bond acceptors (Lipinski definition) is 5. The summed E-state index contributed by atoms with van der Waals surface area (Å²) in [4.78, 5) is 23.7. The maximum atomic E-state index is 12.2. The van der Waals surface area contributed by atoms with Crippen molar-refractivity contribution < 1.29 is 24.2 Å². The number of carbonyl (C=O) groups excluding carboxylic acids is 1. The van der Waals surface area contributed by atoms with E-state index in [1.54, 1.807) is 39.6 Å². The van der Waals surface area contributed by atoms with E-state index in [1.807, 2.05) is 54.6 Å². The zero-order valence-electron chi connectivity index (χ0n) is 19.0. The van der Waals surface area contributed by atoms with Gasteiger partial charge in [0, 0.05) is 23.6 Å². The van der Waals surface area contributed by atoms with Crippen LogP contribution in [-0.4, -0.2) is 47.8 Å². The summed E-state index contributed by atoms with van der Waals surface area (Å²) < 4.78 is 10.5. The number of amides is 2. The van der Waals surface area contributed by atoms with Crippen LogP contribution in [-0.2, 0) is 16.9 Å². The fourth-order valence-corrected chi connectivity index (χ4v) is 4.24. The monoisotopic (exact) mass is 460 g/mol. The summed E-state index contributed by atoms with van der Waals surface area (Å²) in [7, 11) is 1.62. The van der Waals surface area contributed by atoms with Gasteiger partial charge in [-0.25, -0.2) is 9.59 Å². The molecule has 2 amide bonds. The van der Waals surface area contributed by atoms with Crippen molar-refractivity contribution >= 4 is 23.9 Å². The van der Waals surface area contributed by atoms with Crippen molar-refractivity contribution in [3.05, 3.63) is 65.7 Å². The first kappa shape index (κ1) is 25.4. The molecule has 0 aliphatic heterocycles. The van der Waals surface area contributed by atoms with Crippen LogP contribution in [0.4, 0.5) is 9.59 Å². The lowest BCUT2D eigenvalue weighted by Gasteiger charge is -2.28. The van der Waals surface area contributed by atoms with E-state index in [9.17, 15) is 14.7 Å². The average molecular weight is 461 g/mol. The Hall–Kier alpha value is -2.87. The second kappa shape index (κ2) is 12.2. The first-order chi connectivity index (χ1) is 15.2. The molecule has 2 atom stereocenters. The van der Waals surface area contributed by atoms with Gasteiger partial charge >= 0.3 is 12.2 Å². The number of nitrogens with one attached hydrogen (secondary N) is 2. The lowest BCUT2D eigenvalue weighted by atomic mass is 10.0. The van der Waals surface area contributed by atoms with Crippen LogP contribution >= 0.6 is 11.8 Å². The van der Waals surface area contributed by atoms with Crippen LogP contribution in [0.2, 0.25) is 0 Å². The van der Waals surface area contributed by atoms with Gasteiger partial charge in [0.15, 0.2) is 0 Å². The van der Waals surface area contributed by atoms with E-state index in [1.165, 1.54) is 0 Å². The number of hydrogen-bond donors (Lipinski definition) is 3. The standard InChI is InChI=1S/C24H32N2O5S/c1-24(2,3)31-23(29)25-15-21(32-16-18-10-12-19(30-4)13-11-18)20(26-22(27)28)14-17-8-6-5-7-9-17/h5-13,20-21,26H,14-16H2,1-4H3,(H,25,29)(H,27,28). The Morgan fingerprint density at radius 2 is 1.69 bits per heavy atom. The molecular formula is C24H32N2O5S. The molecule has 2 unspecified atom stereocenters. The molecule has 0 bridgehead atoms. The van der Waals surface area contributed by atoms with Gasteiger partial charge in [-0.3, -0.25) is 0 Å². The van der Waals surface area contributed by atoms with E-state index in [-0.39, 0.29) is 11.8 Å². The van der Waals surface area contributed by atoms with Gasteiger partial charge in [-0.2, -0.15) is 0 Å². The van der Waals surface area contributed by atoms with Crippen molar-refractivity contribution in [2.24, 2.45) is 0 Å². The summed E-state index contributed by atoms with van der Waals surface area (Å²) in [5.74, 6) is 1.42. The van der Waals surface area contributed by atoms with Gasteiger partial charge in [0.2, 0.25) is 0 Å². The fraction of sp³-hybridized carbons (Fsp3) is 0.417. The van der Waals surface area contributed by atoms with Gasteiger partial charge < -0.3 is 25.2 Å². The topological polar surface area (TPSA) is 96.9 Å². The van der Waals surface area contributed by atoms with Crippen molar-refractivity contribution in [1.82, 2.24) is 10.6 Å². The van der Waals surface area contributed by atoms with Crippen molar-refractivity contribution in [2.75, 3.05) is 13.7 Å². The van der Waals surface area contributed by atoms with E-state index in [0.29, 0.717) is 12.2 Å². The highest BCUT2D eigenvalue weighted by Crippen LogP contribution is 2.24. The van der Waals surface area contributed by atoms with E-state index in [2.05, 4.69) is 10.6 Å². The number of carboxylic acid groups (broad SMARTS) is 1. The number of ether oxygens (including phenoxy) is 2. The highest BCUT2D eigenvalue weighted by Gasteiger charge is 2.26. The number of thioether (sulfide) groups is 1. The van der Waals surface area contributed by atoms with Crippen LogP contribution in [0.25, 0.3) is 0 Å². The molecule has 0 aliphatic rings. The third-order valence-corrected chi connectivity index (χ3v) is 5.95. The summed E-state index contributed by atoms with van der Waals surface area (Å²) in [6.45, 7) is 5.65. The van der Waals surface area contributed by atoms with Crippen LogP contribution < -0.4 is 15.4 Å². The Labute approximate surface area is 193 Å². The van der Waals surface area contributed by atoms with Crippen LogP contribution in [0.5, 0.6) is 5.75 Å². The highest BCUT2D eigenvalue weighted by molar-refractivity contribution is 7.99. The van der Waals surface area contributed by atoms with Gasteiger partial charge in [0.1, 0.15) is 11.4 Å². The summed E-state index contributed by atoms with van der Waals surface area (Å²) in [6, 6.07) is 17.0. The Balaban J connectivity index is 2.15. The molecule has 8 heteroatoms. The molecule has 0 saturated heterocycles. The number of methoxy groups -OCH3 is 1. The normalized spacial score (nSPS) is 13.0. The smallest absolute Gasteiger partial charge is 0.407 e. The minimum Gasteiger partial charge on any atom is -0.497 e. The maximum absolute atomic E-state index is 12.2. The lowest BCUT2D eigenvalue weighted by Crippen LogP contribution is -2.48. The van der Waals surface area contributed by atoms with Crippen LogP contribution in [0, 0.1) is 0 Å². The molecule has 0 radical (unpaired) electrons. The minimum absolute atomic E-state index is 0.221. The predicted octanol–water partition coefficient (Wildman–Crippen LogP) is 4.70. The number of carbonyl (C=O) groups is 2. The highest BCUT2D eigenvalue weighted by atomic mass is 32.2. The molecule has 32 heavy (non-hydrogen) atoms. The van der Waals surface area contributed by atoms with Gasteiger partial charge in [0.25, 0.3) is 0 Å². The first-order valence-electron chi connectivity index (χ1n) is 10.4. The van der Waals surface area contributed by atoms with E-state index in [0.717, 1.165) is 16.9 Å². The largest absolute Gasteiger partial charge is 0.497 e. The molecule has 0 saturated carbocycles. The molecule has 7 nitrogen and oxygen atoms in total. The van der Waals surface area contributed by atoms with Gasteiger partial charge in [0.05, 0.1) is 7.11 Å². The molecular weight excluding hydrogens is 428 g/mol. The second-order valence-electron chi connectivity index (χ2n) is 8.33. The van der Waals surface area contributed by atoms with E-state index >= 15 is 0 Å². The first-order valence-corrected chi connectivity index (χ1v) is 11.5. The van der Waals surface area contributed by atoms with E-state index in [4.69, 9.17) is 9.47 Å². The van der Waals surface area contributed by atoms with Gasteiger partial charge in [-0.1, -0.05) is 42.5 Å². The minimum atomic E-state index is -1.10. The van der Waals surface area contributed by atoms with Crippen LogP contribution in [0.1, 0.15) is 31.9 Å². The third kappa shape index (κ3) is 9.51. The molecule has 0 heterocycles. The van der Waals surface area contributed by atoms with E-state index < -0.39 is 23.8 Å². The SMILES string of the molecule is COc1ccc(CSC(CNC(=O)OC(C)(C)C)C(Cc2ccccc2)NC(=O)O)cc1. The maximum Gasteiger partial charge on any atom is 0.407 e. The molecule has 0 aromatic heterocycles. The fourth-order valence-electron chi connectivity index (χ4n) is 3.04. The molecule has 2 rings (SSSR count). The summed E-state index contributed by atoms with van der Waals surface area (Å²) in [6.07, 6.45) is -1.12. The zero-order valence-corrected chi connectivity index (χ0v) is 19.8. The predicted molar refractivity (Wildman–Crippen MR) is 127 cm³/mol. The summed E-state index contributed by atoms with van der Waals surface area (Å²) in [5.41, 5.74) is 1.48. The van der Waals surface area contributed by atoms with Gasteiger partial charge in [-0.15, -0.1) is 11.8 Å². The number of benzene rings is 2. The van der Waals surface area contributed by atoms with Crippen LogP contribution in [0.3, 0.4) is 0 Å². The summed E-state index contributed by atoms with van der Waals surface area (Å²) >= 11 is 1.58. The Morgan fingerprint density at radius 1 is 1.03 bits per heavy atom. The zero-order chi connectivity index (χ0) is 23.6. The molecule has 2 aromatic rings. The molecule has 174 valence electrons. The molecule has 2 aromatic carbocycles. The van der Waals surface area contributed by atoms with Crippen molar-refractivity contribution in [1.29, 1.82) is 0 Å². The lowest BCUT2D eigenvalue weighted by molar-refractivity contribution is 0.0527. The Bertz CT molecular complexity index is 853. The Morgan fingerprint density at radius 3 is 2.25 bits per heavy atom. The second-order valence-corrected chi connectivity index (χ2v) is 9.55. The molecule has 0 aliphatic carbocycles. The van der Waals surface area contributed by atoms with Crippen molar-refractivity contribution in [2.45, 2.75) is 49.8 Å². The molecule has 0 fully saturated rings. The number of alkyl carbamates (subject to hydrolysis) is 1. The quantitative estimate of drug-likeness (QED) is 0.476. The van der Waals surface area contributed by atoms with Crippen molar-refractivity contribution in [3.63, 3.8) is 0 Å². The summed E-state index contributed by atoms with van der Waals surface area (Å²) in [5, 5.41) is 14.7. The van der Waals surface area contributed by atoms with Crippen LogP contribution in [0.15, 0.2) is 54.6 Å². The molecule has 3 N–H and O–H groups in total. The molecule has 0 spiro atoms.